The van der Waals surface area contributed by atoms with Crippen LogP contribution in [0.3, 0.4) is 0 Å². The van der Waals surface area contributed by atoms with Crippen LogP contribution in [0.4, 0.5) is 4.79 Å². The van der Waals surface area contributed by atoms with Gasteiger partial charge >= 0.3 is 6.09 Å². The van der Waals surface area contributed by atoms with Gasteiger partial charge in [-0.25, -0.2) is 9.78 Å². The van der Waals surface area contributed by atoms with Crippen molar-refractivity contribution in [3.8, 4) is 16.5 Å². The predicted molar refractivity (Wildman–Crippen MR) is 120 cm³/mol. The number of aromatic nitrogens is 2. The first-order valence-electron chi connectivity index (χ1n) is 10.1. The SMILES string of the molecule is COc1ccc(C(=O)NC2CCN(C(=O)OC(C)(C)C)C2)c2nc(-c3cccs3)[nH]c12. The molecule has 0 radical (unpaired) electrons. The highest BCUT2D eigenvalue weighted by Gasteiger charge is 2.31. The number of carbonyl (C=O) groups is 2. The smallest absolute Gasteiger partial charge is 0.410 e. The van der Waals surface area contributed by atoms with Gasteiger partial charge in [-0.1, -0.05) is 6.07 Å². The first kappa shape index (κ1) is 21.2. The number of thiophene rings is 1. The fourth-order valence-electron chi connectivity index (χ4n) is 3.58. The van der Waals surface area contributed by atoms with Crippen molar-refractivity contribution in [1.82, 2.24) is 20.2 Å². The van der Waals surface area contributed by atoms with Crippen molar-refractivity contribution in [1.29, 1.82) is 0 Å². The molecular formula is C22H26N4O4S. The Morgan fingerprint density at radius 3 is 2.77 bits per heavy atom. The lowest BCUT2D eigenvalue weighted by molar-refractivity contribution is 0.0290. The van der Waals surface area contributed by atoms with Crippen molar-refractivity contribution in [2.45, 2.75) is 38.8 Å². The van der Waals surface area contributed by atoms with Crippen LogP contribution in [0.1, 0.15) is 37.6 Å². The second-order valence-electron chi connectivity index (χ2n) is 8.49. The molecule has 1 saturated heterocycles. The normalized spacial score (nSPS) is 16.5. The van der Waals surface area contributed by atoms with Crippen molar-refractivity contribution < 1.29 is 19.1 Å². The standard InChI is InChI=1S/C22H26N4O4S/c1-22(2,3)30-21(28)26-10-9-13(12-26)23-20(27)14-7-8-15(29-4)18-17(14)24-19(25-18)16-6-5-11-31-16/h5-8,11,13H,9-10,12H2,1-4H3,(H,23,27)(H,24,25). The molecule has 8 nitrogen and oxygen atoms in total. The molecule has 2 N–H and O–H groups in total. The predicted octanol–water partition coefficient (Wildman–Crippen LogP) is 4.04. The van der Waals surface area contributed by atoms with E-state index in [9.17, 15) is 9.59 Å². The van der Waals surface area contributed by atoms with Crippen LogP contribution in [0, 0.1) is 0 Å². The minimum atomic E-state index is -0.548. The molecular weight excluding hydrogens is 416 g/mol. The molecule has 9 heteroatoms. The lowest BCUT2D eigenvalue weighted by atomic mass is 10.1. The zero-order chi connectivity index (χ0) is 22.2. The number of benzene rings is 1. The second kappa shape index (κ2) is 8.22. The number of rotatable bonds is 4. The van der Waals surface area contributed by atoms with Gasteiger partial charge in [0.1, 0.15) is 28.2 Å². The topological polar surface area (TPSA) is 96.6 Å². The van der Waals surface area contributed by atoms with Gasteiger partial charge in [-0.3, -0.25) is 4.79 Å². The average molecular weight is 443 g/mol. The molecule has 1 unspecified atom stereocenters. The molecule has 4 rings (SSSR count). The van der Waals surface area contributed by atoms with Crippen molar-refractivity contribution in [2.75, 3.05) is 20.2 Å². The number of imidazole rings is 1. The Balaban J connectivity index is 1.53. The molecule has 1 aromatic carbocycles. The lowest BCUT2D eigenvalue weighted by Crippen LogP contribution is -2.40. The van der Waals surface area contributed by atoms with Crippen LogP contribution in [0.25, 0.3) is 21.7 Å². The van der Waals surface area contributed by atoms with E-state index in [1.54, 1.807) is 35.5 Å². The number of nitrogens with zero attached hydrogens (tertiary/aromatic N) is 2. The number of hydrogen-bond acceptors (Lipinski definition) is 6. The maximum atomic E-state index is 13.1. The van der Waals surface area contributed by atoms with Crippen LogP contribution in [0.15, 0.2) is 29.6 Å². The largest absolute Gasteiger partial charge is 0.494 e. The fraction of sp³-hybridized carbons (Fsp3) is 0.409. The summed E-state index contributed by atoms with van der Waals surface area (Å²) >= 11 is 1.57. The number of aromatic amines is 1. The van der Waals surface area contributed by atoms with Crippen molar-refractivity contribution in [3.63, 3.8) is 0 Å². The van der Waals surface area contributed by atoms with Gasteiger partial charge in [-0.05, 0) is 50.8 Å². The molecule has 164 valence electrons. The van der Waals surface area contributed by atoms with E-state index in [0.29, 0.717) is 47.7 Å². The van der Waals surface area contributed by atoms with Gasteiger partial charge in [0.05, 0.1) is 17.6 Å². The van der Waals surface area contributed by atoms with Crippen molar-refractivity contribution in [2.24, 2.45) is 0 Å². The molecule has 3 aromatic rings. The van der Waals surface area contributed by atoms with Gasteiger partial charge in [-0.15, -0.1) is 11.3 Å². The van der Waals surface area contributed by atoms with Gasteiger partial charge in [0, 0.05) is 19.1 Å². The van der Waals surface area contributed by atoms with Crippen molar-refractivity contribution in [3.05, 3.63) is 35.2 Å². The number of ether oxygens (including phenoxy) is 2. The molecule has 2 aromatic heterocycles. The molecule has 2 amide bonds. The minimum absolute atomic E-state index is 0.145. The molecule has 1 fully saturated rings. The zero-order valence-electron chi connectivity index (χ0n) is 18.0. The Hall–Kier alpha value is -3.07. The Morgan fingerprint density at radius 2 is 2.10 bits per heavy atom. The number of H-pyrrole nitrogens is 1. The van der Waals surface area contributed by atoms with Crippen molar-refractivity contribution >= 4 is 34.4 Å². The third-order valence-corrected chi connectivity index (χ3v) is 5.88. The lowest BCUT2D eigenvalue weighted by Gasteiger charge is -2.24. The zero-order valence-corrected chi connectivity index (χ0v) is 18.8. The fourth-order valence-corrected chi connectivity index (χ4v) is 4.25. The molecule has 1 aliphatic heterocycles. The van der Waals surface area contributed by atoms with Crippen LogP contribution in [-0.2, 0) is 4.74 Å². The van der Waals surface area contributed by atoms with Crippen LogP contribution >= 0.6 is 11.3 Å². The summed E-state index contributed by atoms with van der Waals surface area (Å²) in [7, 11) is 1.59. The van der Waals surface area contributed by atoms with E-state index >= 15 is 0 Å². The highest BCUT2D eigenvalue weighted by atomic mass is 32.1. The molecule has 1 atom stereocenters. The first-order chi connectivity index (χ1) is 14.7. The van der Waals surface area contributed by atoms with E-state index in [1.807, 2.05) is 38.3 Å². The minimum Gasteiger partial charge on any atom is -0.494 e. The molecule has 0 bridgehead atoms. The number of nitrogens with one attached hydrogen (secondary N) is 2. The average Bonchev–Trinajstić information content (AvgIpc) is 3.44. The molecule has 0 spiro atoms. The number of carbonyl (C=O) groups excluding carboxylic acids is 2. The quantitative estimate of drug-likeness (QED) is 0.636. The summed E-state index contributed by atoms with van der Waals surface area (Å²) in [6.07, 6.45) is 0.314. The van der Waals surface area contributed by atoms with Gasteiger partial charge in [-0.2, -0.15) is 0 Å². The summed E-state index contributed by atoms with van der Waals surface area (Å²) in [6, 6.07) is 7.26. The van der Waals surface area contributed by atoms with Gasteiger partial charge in [0.15, 0.2) is 0 Å². The highest BCUT2D eigenvalue weighted by molar-refractivity contribution is 7.13. The monoisotopic (exact) mass is 442 g/mol. The first-order valence-corrected chi connectivity index (χ1v) is 11.0. The van der Waals surface area contributed by atoms with E-state index in [2.05, 4.69) is 15.3 Å². The number of methoxy groups -OCH3 is 1. The summed E-state index contributed by atoms with van der Waals surface area (Å²) in [5.74, 6) is 1.09. The Labute approximate surface area is 184 Å². The summed E-state index contributed by atoms with van der Waals surface area (Å²) in [4.78, 5) is 35.9. The number of fused-ring (bicyclic) bond motifs is 1. The van der Waals surface area contributed by atoms with Crippen LogP contribution < -0.4 is 10.1 Å². The number of hydrogen-bond donors (Lipinski definition) is 2. The number of likely N-dealkylation sites (tertiary alicyclic amines) is 1. The summed E-state index contributed by atoms with van der Waals surface area (Å²) in [5, 5.41) is 5.01. The van der Waals surface area contributed by atoms with E-state index < -0.39 is 5.60 Å². The Morgan fingerprint density at radius 1 is 1.29 bits per heavy atom. The maximum Gasteiger partial charge on any atom is 0.410 e. The molecule has 0 saturated carbocycles. The summed E-state index contributed by atoms with van der Waals surface area (Å²) in [6.45, 7) is 6.47. The number of amides is 2. The molecule has 3 heterocycles. The van der Waals surface area contributed by atoms with E-state index in [-0.39, 0.29) is 18.0 Å². The third kappa shape index (κ3) is 4.51. The molecule has 31 heavy (non-hydrogen) atoms. The molecule has 1 aliphatic rings. The van der Waals surface area contributed by atoms with Gasteiger partial charge in [0.2, 0.25) is 0 Å². The van der Waals surface area contributed by atoms with Gasteiger partial charge < -0.3 is 24.7 Å². The Kier molecular flexibility index (Phi) is 5.62. The Bertz CT molecular complexity index is 1100. The highest BCUT2D eigenvalue weighted by Crippen LogP contribution is 2.31. The van der Waals surface area contributed by atoms with Gasteiger partial charge in [0.25, 0.3) is 5.91 Å². The van der Waals surface area contributed by atoms with Crippen LogP contribution in [-0.4, -0.2) is 58.7 Å². The summed E-state index contributed by atoms with van der Waals surface area (Å²) < 4.78 is 10.9. The maximum absolute atomic E-state index is 13.1. The van der Waals surface area contributed by atoms with E-state index in [1.165, 1.54) is 0 Å². The van der Waals surface area contributed by atoms with E-state index in [4.69, 9.17) is 9.47 Å². The van der Waals surface area contributed by atoms with E-state index in [0.717, 1.165) is 4.88 Å². The summed E-state index contributed by atoms with van der Waals surface area (Å²) in [5.41, 5.74) is 1.15. The van der Waals surface area contributed by atoms with Crippen LogP contribution in [0.5, 0.6) is 5.75 Å². The third-order valence-electron chi connectivity index (χ3n) is 5.00. The second-order valence-corrected chi connectivity index (χ2v) is 9.43. The molecule has 0 aliphatic carbocycles. The van der Waals surface area contributed by atoms with Crippen LogP contribution in [0.2, 0.25) is 0 Å².